The van der Waals surface area contributed by atoms with Crippen molar-refractivity contribution in [1.29, 1.82) is 0 Å². The minimum absolute atomic E-state index is 0.228. The highest BCUT2D eigenvalue weighted by Gasteiger charge is 2.84. The van der Waals surface area contributed by atoms with Gasteiger partial charge in [0, 0.05) is 19.3 Å². The van der Waals surface area contributed by atoms with Gasteiger partial charge in [0.2, 0.25) is 0 Å². The molecule has 0 aromatic heterocycles. The van der Waals surface area contributed by atoms with Crippen LogP contribution in [-0.4, -0.2) is 66.1 Å². The number of epoxide rings is 1. The molecule has 1 spiro atoms. The molecule has 0 radical (unpaired) electrons. The Hall–Kier alpha value is -1.77. The topological polar surface area (TPSA) is 112 Å². The Kier molecular flexibility index (Phi) is 3.87. The van der Waals surface area contributed by atoms with Crippen molar-refractivity contribution in [3.8, 4) is 0 Å². The SMILES string of the molecule is CC(=O)OC[C@]12C(=O)C(O)C(C)=C[C@H]1O[C@@H]1[C@H](OC(C)=O)C[C@@]2(C)[C@]12CO2. The first-order chi connectivity index (χ1) is 12.6. The van der Waals surface area contributed by atoms with E-state index in [1.165, 1.54) is 13.8 Å². The van der Waals surface area contributed by atoms with Crippen molar-refractivity contribution in [3.05, 3.63) is 11.6 Å². The van der Waals surface area contributed by atoms with Gasteiger partial charge in [-0.1, -0.05) is 13.0 Å². The second-order valence-corrected chi connectivity index (χ2v) is 8.27. The van der Waals surface area contributed by atoms with E-state index in [1.807, 2.05) is 6.92 Å². The Morgan fingerprint density at radius 2 is 2.00 bits per heavy atom. The molecule has 1 N–H and O–H groups in total. The van der Waals surface area contributed by atoms with E-state index in [4.69, 9.17) is 18.9 Å². The number of carbonyl (C=O) groups excluding carboxylic acids is 3. The summed E-state index contributed by atoms with van der Waals surface area (Å²) in [5.41, 5.74) is -2.47. The van der Waals surface area contributed by atoms with Crippen LogP contribution in [0.4, 0.5) is 0 Å². The first-order valence-corrected chi connectivity index (χ1v) is 9.10. The van der Waals surface area contributed by atoms with E-state index in [2.05, 4.69) is 0 Å². The second-order valence-electron chi connectivity index (χ2n) is 8.27. The third-order valence-corrected chi connectivity index (χ3v) is 6.91. The van der Waals surface area contributed by atoms with Gasteiger partial charge < -0.3 is 24.1 Å². The maximum absolute atomic E-state index is 13.4. The van der Waals surface area contributed by atoms with Gasteiger partial charge in [-0.25, -0.2) is 0 Å². The van der Waals surface area contributed by atoms with E-state index in [-0.39, 0.29) is 6.61 Å². The van der Waals surface area contributed by atoms with Gasteiger partial charge in [-0.05, 0) is 18.9 Å². The Bertz CT molecular complexity index is 753. The van der Waals surface area contributed by atoms with Crippen LogP contribution in [0.3, 0.4) is 0 Å². The third kappa shape index (κ3) is 2.17. The molecule has 4 rings (SSSR count). The van der Waals surface area contributed by atoms with Crippen LogP contribution in [0.25, 0.3) is 0 Å². The first-order valence-electron chi connectivity index (χ1n) is 9.10. The number of Topliss-reactive ketones (excluding diaryl/α,β-unsaturated/α-hetero) is 1. The molecule has 4 aliphatic rings. The number of fused-ring (bicyclic) bond motifs is 2. The highest BCUT2D eigenvalue weighted by molar-refractivity contribution is 5.95. The van der Waals surface area contributed by atoms with Crippen molar-refractivity contribution in [1.82, 2.24) is 0 Å². The lowest BCUT2D eigenvalue weighted by atomic mass is 9.51. The quantitative estimate of drug-likeness (QED) is 0.423. The summed E-state index contributed by atoms with van der Waals surface area (Å²) in [6.07, 6.45) is -1.08. The first kappa shape index (κ1) is 18.6. The van der Waals surface area contributed by atoms with Gasteiger partial charge in [0.15, 0.2) is 5.78 Å². The van der Waals surface area contributed by atoms with Crippen LogP contribution in [0, 0.1) is 10.8 Å². The maximum atomic E-state index is 13.4. The molecule has 2 bridgehead atoms. The van der Waals surface area contributed by atoms with Gasteiger partial charge in [-0.15, -0.1) is 0 Å². The number of aliphatic hydroxyl groups is 1. The van der Waals surface area contributed by atoms with Crippen LogP contribution < -0.4 is 0 Å². The van der Waals surface area contributed by atoms with Crippen molar-refractivity contribution in [2.24, 2.45) is 10.8 Å². The Morgan fingerprint density at radius 3 is 2.56 bits per heavy atom. The number of aliphatic hydroxyl groups excluding tert-OH is 1. The fourth-order valence-corrected chi connectivity index (χ4v) is 5.42. The van der Waals surface area contributed by atoms with E-state index >= 15 is 0 Å². The largest absolute Gasteiger partial charge is 0.465 e. The Morgan fingerprint density at radius 1 is 1.33 bits per heavy atom. The predicted octanol–water partition coefficient (Wildman–Crippen LogP) is 0.304. The third-order valence-electron chi connectivity index (χ3n) is 6.91. The summed E-state index contributed by atoms with van der Waals surface area (Å²) in [4.78, 5) is 36.6. The van der Waals surface area contributed by atoms with Crippen LogP contribution in [0.5, 0.6) is 0 Å². The number of hydrogen-bond donors (Lipinski definition) is 1. The van der Waals surface area contributed by atoms with E-state index in [0.29, 0.717) is 18.6 Å². The van der Waals surface area contributed by atoms with Crippen molar-refractivity contribution in [2.75, 3.05) is 13.2 Å². The maximum Gasteiger partial charge on any atom is 0.302 e. The zero-order valence-electron chi connectivity index (χ0n) is 15.8. The van der Waals surface area contributed by atoms with Gasteiger partial charge in [0.1, 0.15) is 35.9 Å². The fourth-order valence-electron chi connectivity index (χ4n) is 5.42. The molecule has 1 unspecified atom stereocenters. The molecule has 0 amide bonds. The van der Waals surface area contributed by atoms with Gasteiger partial charge in [-0.2, -0.15) is 0 Å². The van der Waals surface area contributed by atoms with Crippen molar-refractivity contribution in [2.45, 2.75) is 64.1 Å². The second kappa shape index (κ2) is 5.62. The number of esters is 2. The molecule has 0 aromatic carbocycles. The molecule has 27 heavy (non-hydrogen) atoms. The lowest BCUT2D eigenvalue weighted by Gasteiger charge is -2.56. The van der Waals surface area contributed by atoms with Gasteiger partial charge in [0.05, 0.1) is 12.7 Å². The minimum atomic E-state index is -1.32. The van der Waals surface area contributed by atoms with Crippen LogP contribution in [-0.2, 0) is 33.3 Å². The monoisotopic (exact) mass is 380 g/mol. The minimum Gasteiger partial charge on any atom is -0.465 e. The Labute approximate surface area is 156 Å². The van der Waals surface area contributed by atoms with Crippen molar-refractivity contribution in [3.63, 3.8) is 0 Å². The number of carbonyl (C=O) groups is 3. The molecule has 8 nitrogen and oxygen atoms in total. The van der Waals surface area contributed by atoms with Crippen LogP contribution in [0.1, 0.15) is 34.1 Å². The van der Waals surface area contributed by atoms with Crippen molar-refractivity contribution < 1.29 is 38.4 Å². The number of ether oxygens (including phenoxy) is 4. The zero-order chi connectivity index (χ0) is 19.8. The zero-order valence-corrected chi connectivity index (χ0v) is 15.8. The molecule has 0 aromatic rings. The molecule has 1 saturated carbocycles. The van der Waals surface area contributed by atoms with Gasteiger partial charge in [0.25, 0.3) is 0 Å². The van der Waals surface area contributed by atoms with Crippen LogP contribution in [0.15, 0.2) is 11.6 Å². The standard InChI is InChI=1S/C19H24O8/c1-9-5-13-18(7-24-10(2)20,15(23)14(9)22)17(4)6-12(26-11(3)21)16(27-13)19(17)8-25-19/h5,12-14,16,22H,6-8H2,1-4H3/t12-,13-,14?,16-,17-,18-,19+/m1/s1. The summed E-state index contributed by atoms with van der Waals surface area (Å²) in [7, 11) is 0. The Balaban J connectivity index is 1.86. The lowest BCUT2D eigenvalue weighted by Crippen LogP contribution is -2.70. The molecule has 2 saturated heterocycles. The summed E-state index contributed by atoms with van der Waals surface area (Å²) < 4.78 is 22.9. The van der Waals surface area contributed by atoms with E-state index in [0.717, 1.165) is 0 Å². The smallest absolute Gasteiger partial charge is 0.302 e. The number of rotatable bonds is 3. The van der Waals surface area contributed by atoms with Crippen LogP contribution >= 0.6 is 0 Å². The predicted molar refractivity (Wildman–Crippen MR) is 89.5 cm³/mol. The number of hydrogen-bond acceptors (Lipinski definition) is 8. The molecular weight excluding hydrogens is 356 g/mol. The molecule has 7 atom stereocenters. The molecular formula is C19H24O8. The van der Waals surface area contributed by atoms with Gasteiger partial charge in [-0.3, -0.25) is 14.4 Å². The van der Waals surface area contributed by atoms with E-state index < -0.39 is 58.6 Å². The molecule has 2 aliphatic heterocycles. The van der Waals surface area contributed by atoms with E-state index in [9.17, 15) is 19.5 Å². The van der Waals surface area contributed by atoms with E-state index in [1.54, 1.807) is 13.0 Å². The highest BCUT2D eigenvalue weighted by atomic mass is 16.7. The highest BCUT2D eigenvalue weighted by Crippen LogP contribution is 2.71. The molecule has 8 heteroatoms. The fraction of sp³-hybridized carbons (Fsp3) is 0.737. The normalized spacial score (nSPS) is 47.3. The molecule has 2 heterocycles. The molecule has 148 valence electrons. The summed E-state index contributed by atoms with van der Waals surface area (Å²) >= 11 is 0. The summed E-state index contributed by atoms with van der Waals surface area (Å²) in [6, 6.07) is 0. The van der Waals surface area contributed by atoms with Gasteiger partial charge >= 0.3 is 11.9 Å². The summed E-state index contributed by atoms with van der Waals surface area (Å²) in [5.74, 6) is -1.42. The average Bonchev–Trinajstić information content (AvgIpc) is 3.34. The summed E-state index contributed by atoms with van der Waals surface area (Å²) in [5, 5.41) is 10.5. The number of ketones is 1. The van der Waals surface area contributed by atoms with Crippen LogP contribution in [0.2, 0.25) is 0 Å². The lowest BCUT2D eigenvalue weighted by molar-refractivity contribution is -0.222. The summed E-state index contributed by atoms with van der Waals surface area (Å²) in [6.45, 7) is 6.26. The molecule has 2 aliphatic carbocycles. The molecule has 3 fully saturated rings. The average molecular weight is 380 g/mol. The van der Waals surface area contributed by atoms with Crippen molar-refractivity contribution >= 4 is 17.7 Å².